The van der Waals surface area contributed by atoms with E-state index in [9.17, 15) is 4.79 Å². The fourth-order valence-corrected chi connectivity index (χ4v) is 4.31. The Kier molecular flexibility index (Phi) is 9.39. The molecule has 1 amide bonds. The molecule has 0 aromatic carbocycles. The smallest absolute Gasteiger partial charge is 0.220 e. The first kappa shape index (κ1) is 22.0. The maximum Gasteiger partial charge on any atom is 0.220 e. The van der Waals surface area contributed by atoms with Crippen molar-refractivity contribution in [1.29, 1.82) is 0 Å². The first-order valence-electron chi connectivity index (χ1n) is 11.0. The van der Waals surface area contributed by atoms with Crippen molar-refractivity contribution < 1.29 is 4.79 Å². The Morgan fingerprint density at radius 3 is 2.52 bits per heavy atom. The van der Waals surface area contributed by atoms with Crippen LogP contribution in [0, 0.1) is 11.8 Å². The second-order valence-electron chi connectivity index (χ2n) is 8.54. The second kappa shape index (κ2) is 11.5. The van der Waals surface area contributed by atoms with Gasteiger partial charge in [-0.3, -0.25) is 14.7 Å². The van der Waals surface area contributed by atoms with Gasteiger partial charge in [0.15, 0.2) is 5.96 Å². The summed E-state index contributed by atoms with van der Waals surface area (Å²) in [7, 11) is 1.72. The van der Waals surface area contributed by atoms with Gasteiger partial charge in [0, 0.05) is 45.7 Å². The lowest BCUT2D eigenvalue weighted by molar-refractivity contribution is -0.121. The molecule has 2 rings (SSSR count). The van der Waals surface area contributed by atoms with E-state index in [4.69, 9.17) is 4.99 Å². The van der Waals surface area contributed by atoms with Crippen LogP contribution in [-0.2, 0) is 4.79 Å². The van der Waals surface area contributed by atoms with Crippen molar-refractivity contribution in [2.45, 2.75) is 65.3 Å². The minimum Gasteiger partial charge on any atom is -0.359 e. The molecule has 0 aliphatic carbocycles. The van der Waals surface area contributed by atoms with E-state index in [1.165, 1.54) is 32.4 Å². The zero-order valence-corrected chi connectivity index (χ0v) is 18.0. The number of hydrogen-bond acceptors (Lipinski definition) is 3. The van der Waals surface area contributed by atoms with Crippen LogP contribution in [0.4, 0.5) is 0 Å². The summed E-state index contributed by atoms with van der Waals surface area (Å²) in [6, 6.07) is 0.584. The van der Waals surface area contributed by atoms with Crippen molar-refractivity contribution in [2.75, 3.05) is 46.3 Å². The molecule has 0 saturated carbocycles. The molecule has 2 aliphatic heterocycles. The normalized spacial score (nSPS) is 22.9. The van der Waals surface area contributed by atoms with Crippen LogP contribution in [0.15, 0.2) is 4.99 Å². The highest BCUT2D eigenvalue weighted by Crippen LogP contribution is 2.21. The van der Waals surface area contributed by atoms with Gasteiger partial charge in [0.25, 0.3) is 0 Å². The van der Waals surface area contributed by atoms with Gasteiger partial charge >= 0.3 is 0 Å². The van der Waals surface area contributed by atoms with Crippen molar-refractivity contribution in [3.05, 3.63) is 0 Å². The Balaban J connectivity index is 1.90. The van der Waals surface area contributed by atoms with Crippen LogP contribution in [-0.4, -0.2) is 74.0 Å². The lowest BCUT2D eigenvalue weighted by Gasteiger charge is -2.37. The van der Waals surface area contributed by atoms with Crippen molar-refractivity contribution in [3.63, 3.8) is 0 Å². The number of nitrogens with zero attached hydrogens (tertiary/aromatic N) is 3. The molecule has 0 aromatic heterocycles. The summed E-state index contributed by atoms with van der Waals surface area (Å²) in [6.45, 7) is 12.9. The van der Waals surface area contributed by atoms with Crippen molar-refractivity contribution in [3.8, 4) is 0 Å². The van der Waals surface area contributed by atoms with Gasteiger partial charge in [-0.15, -0.1) is 0 Å². The quantitative estimate of drug-likeness (QED) is 0.526. The molecule has 2 saturated heterocycles. The summed E-state index contributed by atoms with van der Waals surface area (Å²) in [5, 5.41) is 6.24. The van der Waals surface area contributed by atoms with E-state index in [1.54, 1.807) is 7.05 Å². The van der Waals surface area contributed by atoms with Gasteiger partial charge in [0.05, 0.1) is 6.54 Å². The molecule has 1 unspecified atom stereocenters. The summed E-state index contributed by atoms with van der Waals surface area (Å²) in [5.74, 6) is 2.44. The average Bonchev–Trinajstić information content (AvgIpc) is 2.66. The standard InChI is InChI=1S/C21H41N5O/c1-5-23-21(25-12-9-18(10-13-25)14-20(27)22-4)24-15-19-8-6-7-11-26(19)16-17(2)3/h17-19H,5-16H2,1-4H3,(H,22,27)(H,23,24). The number of carbonyl (C=O) groups excluding carboxylic acids is 1. The number of amides is 1. The Labute approximate surface area is 166 Å². The molecule has 2 N–H and O–H groups in total. The summed E-state index contributed by atoms with van der Waals surface area (Å²) in [4.78, 5) is 21.7. The van der Waals surface area contributed by atoms with Gasteiger partial charge in [-0.1, -0.05) is 20.3 Å². The largest absolute Gasteiger partial charge is 0.359 e. The molecule has 6 nitrogen and oxygen atoms in total. The minimum absolute atomic E-state index is 0.163. The van der Waals surface area contributed by atoms with Crippen LogP contribution in [0.2, 0.25) is 0 Å². The number of piperidine rings is 2. The number of guanidine groups is 1. The van der Waals surface area contributed by atoms with E-state index >= 15 is 0 Å². The molecule has 0 bridgehead atoms. The fraction of sp³-hybridized carbons (Fsp3) is 0.905. The number of rotatable bonds is 7. The molecule has 0 radical (unpaired) electrons. The van der Waals surface area contributed by atoms with E-state index in [0.29, 0.717) is 24.3 Å². The van der Waals surface area contributed by atoms with E-state index in [0.717, 1.165) is 45.0 Å². The van der Waals surface area contributed by atoms with Gasteiger partial charge in [0.2, 0.25) is 5.91 Å². The van der Waals surface area contributed by atoms with Crippen LogP contribution < -0.4 is 10.6 Å². The first-order chi connectivity index (χ1) is 13.0. The zero-order valence-electron chi connectivity index (χ0n) is 18.0. The van der Waals surface area contributed by atoms with Gasteiger partial charge in [0.1, 0.15) is 0 Å². The number of nitrogens with one attached hydrogen (secondary N) is 2. The van der Waals surface area contributed by atoms with Gasteiger partial charge in [-0.2, -0.15) is 0 Å². The third-order valence-corrected chi connectivity index (χ3v) is 5.80. The van der Waals surface area contributed by atoms with Gasteiger partial charge in [-0.05, 0) is 51.0 Å². The lowest BCUT2D eigenvalue weighted by atomic mass is 9.93. The predicted molar refractivity (Wildman–Crippen MR) is 113 cm³/mol. The maximum absolute atomic E-state index is 11.6. The fourth-order valence-electron chi connectivity index (χ4n) is 4.31. The summed E-state index contributed by atoms with van der Waals surface area (Å²) >= 11 is 0. The Bertz CT molecular complexity index is 471. The molecule has 2 fully saturated rings. The SMILES string of the molecule is CCNC(=NCC1CCCCN1CC(C)C)N1CCC(CC(=O)NC)CC1. The zero-order chi connectivity index (χ0) is 19.6. The third-order valence-electron chi connectivity index (χ3n) is 5.80. The summed E-state index contributed by atoms with van der Waals surface area (Å²) in [5.41, 5.74) is 0. The number of likely N-dealkylation sites (tertiary alicyclic amines) is 2. The molecule has 0 spiro atoms. The molecule has 1 atom stereocenters. The van der Waals surface area contributed by atoms with Crippen LogP contribution in [0.5, 0.6) is 0 Å². The highest BCUT2D eigenvalue weighted by molar-refractivity contribution is 5.80. The highest BCUT2D eigenvalue weighted by Gasteiger charge is 2.25. The number of hydrogen-bond donors (Lipinski definition) is 2. The van der Waals surface area contributed by atoms with Crippen LogP contribution in [0.25, 0.3) is 0 Å². The van der Waals surface area contributed by atoms with Gasteiger partial charge < -0.3 is 15.5 Å². The lowest BCUT2D eigenvalue weighted by Crippen LogP contribution is -2.47. The van der Waals surface area contributed by atoms with Crippen molar-refractivity contribution in [1.82, 2.24) is 20.4 Å². The second-order valence-corrected chi connectivity index (χ2v) is 8.54. The summed E-state index contributed by atoms with van der Waals surface area (Å²) < 4.78 is 0. The van der Waals surface area contributed by atoms with Crippen LogP contribution in [0.1, 0.15) is 59.3 Å². The topological polar surface area (TPSA) is 60.0 Å². The van der Waals surface area contributed by atoms with Crippen molar-refractivity contribution >= 4 is 11.9 Å². The van der Waals surface area contributed by atoms with E-state index in [2.05, 4.69) is 41.2 Å². The Morgan fingerprint density at radius 2 is 1.89 bits per heavy atom. The monoisotopic (exact) mass is 379 g/mol. The Hall–Kier alpha value is -1.30. The Morgan fingerprint density at radius 1 is 1.15 bits per heavy atom. The molecular formula is C21H41N5O. The molecule has 156 valence electrons. The molecular weight excluding hydrogens is 338 g/mol. The maximum atomic E-state index is 11.6. The van der Waals surface area contributed by atoms with Crippen molar-refractivity contribution in [2.24, 2.45) is 16.8 Å². The predicted octanol–water partition coefficient (Wildman–Crippen LogP) is 2.31. The van der Waals surface area contributed by atoms with E-state index in [-0.39, 0.29) is 5.91 Å². The van der Waals surface area contributed by atoms with E-state index in [1.807, 2.05) is 0 Å². The third kappa shape index (κ3) is 7.32. The molecule has 0 aromatic rings. The molecule has 2 aliphatic rings. The van der Waals surface area contributed by atoms with Crippen LogP contribution >= 0.6 is 0 Å². The van der Waals surface area contributed by atoms with Gasteiger partial charge in [-0.25, -0.2) is 0 Å². The number of carbonyl (C=O) groups is 1. The van der Waals surface area contributed by atoms with Crippen LogP contribution in [0.3, 0.4) is 0 Å². The average molecular weight is 380 g/mol. The first-order valence-corrected chi connectivity index (χ1v) is 11.0. The molecule has 6 heteroatoms. The number of aliphatic imine (C=N–C) groups is 1. The van der Waals surface area contributed by atoms with E-state index < -0.39 is 0 Å². The molecule has 2 heterocycles. The minimum atomic E-state index is 0.163. The molecule has 27 heavy (non-hydrogen) atoms. The summed E-state index contributed by atoms with van der Waals surface area (Å²) in [6.07, 6.45) is 6.72. The highest BCUT2D eigenvalue weighted by atomic mass is 16.1.